The summed E-state index contributed by atoms with van der Waals surface area (Å²) >= 11 is 0. The van der Waals surface area contributed by atoms with Crippen LogP contribution in [0.1, 0.15) is 28.8 Å². The number of likely N-dealkylation sites (tertiary alicyclic amines) is 1. The van der Waals surface area contributed by atoms with Crippen molar-refractivity contribution in [3.05, 3.63) is 39.4 Å². The summed E-state index contributed by atoms with van der Waals surface area (Å²) in [4.78, 5) is 35.1. The van der Waals surface area contributed by atoms with Gasteiger partial charge in [0.1, 0.15) is 0 Å². The molecule has 1 fully saturated rings. The number of piperidine rings is 1. The van der Waals surface area contributed by atoms with Crippen molar-refractivity contribution >= 4 is 17.6 Å². The first-order chi connectivity index (χ1) is 9.90. The zero-order valence-electron chi connectivity index (χ0n) is 11.6. The van der Waals surface area contributed by atoms with Crippen LogP contribution in [0.3, 0.4) is 0 Å². The van der Waals surface area contributed by atoms with Gasteiger partial charge in [-0.1, -0.05) is 6.07 Å². The Balaban J connectivity index is 2.13. The molecule has 1 aromatic carbocycles. The topological polar surface area (TPSA) is 101 Å². The quantitative estimate of drug-likeness (QED) is 0.676. The number of rotatable bonds is 3. The summed E-state index contributed by atoms with van der Waals surface area (Å²) in [5.41, 5.74) is 0.684. The first-order valence-corrected chi connectivity index (χ1v) is 6.67. The Morgan fingerprint density at radius 1 is 1.33 bits per heavy atom. The molecule has 0 radical (unpaired) electrons. The van der Waals surface area contributed by atoms with Crippen molar-refractivity contribution in [2.75, 3.05) is 13.1 Å². The highest BCUT2D eigenvalue weighted by atomic mass is 16.6. The molecule has 1 aliphatic rings. The molecule has 7 heteroatoms. The highest BCUT2D eigenvalue weighted by Gasteiger charge is 2.28. The van der Waals surface area contributed by atoms with Gasteiger partial charge in [-0.3, -0.25) is 19.7 Å². The smallest absolute Gasteiger partial charge is 0.306 e. The average Bonchev–Trinajstić information content (AvgIpc) is 2.46. The molecule has 0 bridgehead atoms. The maximum Gasteiger partial charge on any atom is 0.306 e. The Labute approximate surface area is 121 Å². The minimum absolute atomic E-state index is 0.0822. The number of carbonyl (C=O) groups excluding carboxylic acids is 1. The van der Waals surface area contributed by atoms with Gasteiger partial charge in [0, 0.05) is 30.3 Å². The molecule has 1 heterocycles. The molecule has 112 valence electrons. The summed E-state index contributed by atoms with van der Waals surface area (Å²) in [5.74, 6) is -1.54. The van der Waals surface area contributed by atoms with E-state index in [-0.39, 0.29) is 17.2 Å². The molecule has 0 saturated carbocycles. The highest BCUT2D eigenvalue weighted by molar-refractivity contribution is 5.95. The Hall–Kier alpha value is -2.44. The lowest BCUT2D eigenvalue weighted by Crippen LogP contribution is -2.40. The van der Waals surface area contributed by atoms with E-state index in [2.05, 4.69) is 0 Å². The van der Waals surface area contributed by atoms with Crippen LogP contribution in [0, 0.1) is 23.0 Å². The molecule has 0 unspecified atom stereocenters. The number of benzene rings is 1. The van der Waals surface area contributed by atoms with Crippen LogP contribution < -0.4 is 0 Å². The SMILES string of the molecule is Cc1ccc(C(=O)N2CCC(C(=O)O)CC2)cc1[N+](=O)[O-]. The Morgan fingerprint density at radius 2 is 1.95 bits per heavy atom. The van der Waals surface area contributed by atoms with Gasteiger partial charge in [0.25, 0.3) is 11.6 Å². The lowest BCUT2D eigenvalue weighted by Gasteiger charge is -2.30. The van der Waals surface area contributed by atoms with E-state index in [1.807, 2.05) is 0 Å². The zero-order valence-corrected chi connectivity index (χ0v) is 11.6. The van der Waals surface area contributed by atoms with E-state index in [4.69, 9.17) is 5.11 Å². The van der Waals surface area contributed by atoms with Crippen LogP contribution in [-0.2, 0) is 4.79 Å². The Bertz CT molecular complexity index is 591. The van der Waals surface area contributed by atoms with Crippen LogP contribution >= 0.6 is 0 Å². The van der Waals surface area contributed by atoms with Gasteiger partial charge in [0.15, 0.2) is 0 Å². The first kappa shape index (κ1) is 15.0. The van der Waals surface area contributed by atoms with E-state index >= 15 is 0 Å². The summed E-state index contributed by atoms with van der Waals surface area (Å²) < 4.78 is 0. The van der Waals surface area contributed by atoms with Crippen LogP contribution in [0.5, 0.6) is 0 Å². The number of amides is 1. The van der Waals surface area contributed by atoms with Crippen molar-refractivity contribution in [2.24, 2.45) is 5.92 Å². The monoisotopic (exact) mass is 292 g/mol. The normalized spacial score (nSPS) is 15.8. The van der Waals surface area contributed by atoms with Crippen molar-refractivity contribution < 1.29 is 19.6 Å². The molecule has 7 nitrogen and oxygen atoms in total. The van der Waals surface area contributed by atoms with E-state index in [9.17, 15) is 19.7 Å². The largest absolute Gasteiger partial charge is 0.481 e. The molecule has 1 saturated heterocycles. The second-order valence-electron chi connectivity index (χ2n) is 5.16. The molecule has 1 aliphatic heterocycles. The standard InChI is InChI=1S/C14H16N2O5/c1-9-2-3-11(8-12(9)16(20)21)13(17)15-6-4-10(5-7-15)14(18)19/h2-3,8,10H,4-7H2,1H3,(H,18,19). The van der Waals surface area contributed by atoms with Crippen molar-refractivity contribution in [1.29, 1.82) is 0 Å². The molecule has 2 rings (SSSR count). The molecule has 1 aromatic rings. The minimum Gasteiger partial charge on any atom is -0.481 e. The molecule has 1 N–H and O–H groups in total. The number of nitro groups is 1. The zero-order chi connectivity index (χ0) is 15.6. The van der Waals surface area contributed by atoms with Gasteiger partial charge < -0.3 is 10.0 Å². The highest BCUT2D eigenvalue weighted by Crippen LogP contribution is 2.23. The van der Waals surface area contributed by atoms with E-state index in [0.29, 0.717) is 31.5 Å². The fourth-order valence-corrected chi connectivity index (χ4v) is 2.45. The summed E-state index contributed by atoms with van der Waals surface area (Å²) in [5, 5.41) is 19.8. The van der Waals surface area contributed by atoms with Crippen LogP contribution in [0.2, 0.25) is 0 Å². The van der Waals surface area contributed by atoms with Crippen molar-refractivity contribution in [1.82, 2.24) is 4.90 Å². The number of hydrogen-bond donors (Lipinski definition) is 1. The van der Waals surface area contributed by atoms with Crippen molar-refractivity contribution in [3.8, 4) is 0 Å². The van der Waals surface area contributed by atoms with E-state index in [0.717, 1.165) is 0 Å². The molecule has 0 aliphatic carbocycles. The van der Waals surface area contributed by atoms with Gasteiger partial charge >= 0.3 is 5.97 Å². The fourth-order valence-electron chi connectivity index (χ4n) is 2.45. The molecule has 0 aromatic heterocycles. The minimum atomic E-state index is -0.840. The molecule has 0 spiro atoms. The predicted molar refractivity (Wildman–Crippen MR) is 74.1 cm³/mol. The molecular formula is C14H16N2O5. The number of carboxylic acids is 1. The van der Waals surface area contributed by atoms with Crippen LogP contribution in [-0.4, -0.2) is 39.9 Å². The van der Waals surface area contributed by atoms with Gasteiger partial charge in [-0.05, 0) is 25.8 Å². The maximum atomic E-state index is 12.3. The van der Waals surface area contributed by atoms with Gasteiger partial charge in [-0.25, -0.2) is 0 Å². The third-order valence-corrected chi connectivity index (χ3v) is 3.78. The molecule has 0 atom stereocenters. The summed E-state index contributed by atoms with van der Waals surface area (Å²) in [7, 11) is 0. The van der Waals surface area contributed by atoms with E-state index in [1.54, 1.807) is 24.0 Å². The number of carbonyl (C=O) groups is 2. The fraction of sp³-hybridized carbons (Fsp3) is 0.429. The predicted octanol–water partition coefficient (Wildman–Crippen LogP) is 1.84. The third kappa shape index (κ3) is 3.18. The Kier molecular flexibility index (Phi) is 4.21. The summed E-state index contributed by atoms with van der Waals surface area (Å²) in [6, 6.07) is 4.39. The number of aryl methyl sites for hydroxylation is 1. The first-order valence-electron chi connectivity index (χ1n) is 6.67. The number of aliphatic carboxylic acids is 1. The van der Waals surface area contributed by atoms with Gasteiger partial charge in [-0.2, -0.15) is 0 Å². The van der Waals surface area contributed by atoms with E-state index < -0.39 is 16.8 Å². The van der Waals surface area contributed by atoms with Crippen molar-refractivity contribution in [2.45, 2.75) is 19.8 Å². The van der Waals surface area contributed by atoms with Crippen molar-refractivity contribution in [3.63, 3.8) is 0 Å². The van der Waals surface area contributed by atoms with Gasteiger partial charge in [0.05, 0.1) is 10.8 Å². The molecular weight excluding hydrogens is 276 g/mol. The lowest BCUT2D eigenvalue weighted by molar-refractivity contribution is -0.385. The number of carboxylic acid groups (broad SMARTS) is 1. The lowest BCUT2D eigenvalue weighted by atomic mass is 9.96. The van der Waals surface area contributed by atoms with Gasteiger partial charge in [0.2, 0.25) is 0 Å². The average molecular weight is 292 g/mol. The number of hydrogen-bond acceptors (Lipinski definition) is 4. The van der Waals surface area contributed by atoms with Crippen LogP contribution in [0.4, 0.5) is 5.69 Å². The molecule has 21 heavy (non-hydrogen) atoms. The van der Waals surface area contributed by atoms with E-state index in [1.165, 1.54) is 6.07 Å². The van der Waals surface area contributed by atoms with Gasteiger partial charge in [-0.15, -0.1) is 0 Å². The van der Waals surface area contributed by atoms with Crippen LogP contribution in [0.25, 0.3) is 0 Å². The summed E-state index contributed by atoms with van der Waals surface area (Å²) in [6.07, 6.45) is 0.823. The number of nitro benzene ring substituents is 1. The molecule has 1 amide bonds. The second-order valence-corrected chi connectivity index (χ2v) is 5.16. The number of nitrogens with zero attached hydrogens (tertiary/aromatic N) is 2. The second kappa shape index (κ2) is 5.90. The third-order valence-electron chi connectivity index (χ3n) is 3.78. The maximum absolute atomic E-state index is 12.3. The summed E-state index contributed by atoms with van der Waals surface area (Å²) in [6.45, 7) is 2.33. The van der Waals surface area contributed by atoms with Crippen LogP contribution in [0.15, 0.2) is 18.2 Å². The Morgan fingerprint density at radius 3 is 2.48 bits per heavy atom.